The van der Waals surface area contributed by atoms with Crippen LogP contribution in [0.2, 0.25) is 0 Å². The van der Waals surface area contributed by atoms with Gasteiger partial charge in [0.25, 0.3) is 0 Å². The Bertz CT molecular complexity index is 937. The summed E-state index contributed by atoms with van der Waals surface area (Å²) in [5.74, 6) is 0. The maximum Gasteiger partial charge on any atom is 0.109 e. The van der Waals surface area contributed by atoms with E-state index in [2.05, 4.69) is 44.2 Å². The van der Waals surface area contributed by atoms with Crippen LogP contribution in [0.4, 0.5) is 0 Å². The molecule has 0 amide bonds. The van der Waals surface area contributed by atoms with Gasteiger partial charge < -0.3 is 10.2 Å². The molecule has 2 unspecified atom stereocenters. The van der Waals surface area contributed by atoms with Crippen molar-refractivity contribution in [1.29, 1.82) is 0 Å². The molecule has 0 aromatic heterocycles. The van der Waals surface area contributed by atoms with Crippen LogP contribution in [0.1, 0.15) is 28.4 Å². The first-order valence-electron chi connectivity index (χ1n) is 7.58. The van der Waals surface area contributed by atoms with E-state index in [1.165, 1.54) is 27.1 Å². The zero-order valence-corrected chi connectivity index (χ0v) is 12.7. The zero-order valence-electron chi connectivity index (χ0n) is 12.7. The molecule has 2 nitrogen and oxygen atoms in total. The van der Waals surface area contributed by atoms with E-state index in [1.54, 1.807) is 6.08 Å². The fourth-order valence-corrected chi connectivity index (χ4v) is 3.68. The van der Waals surface area contributed by atoms with E-state index in [4.69, 9.17) is 0 Å². The second-order valence-corrected chi connectivity index (χ2v) is 6.16. The van der Waals surface area contributed by atoms with Crippen molar-refractivity contribution in [2.45, 2.75) is 26.1 Å². The molecule has 1 aliphatic carbocycles. The monoisotopic (exact) mass is 290 g/mol. The molecule has 0 saturated heterocycles. The van der Waals surface area contributed by atoms with Gasteiger partial charge in [-0.2, -0.15) is 0 Å². The average molecular weight is 290 g/mol. The Balaban J connectivity index is 2.24. The molecule has 1 aliphatic rings. The zero-order chi connectivity index (χ0) is 15.4. The lowest BCUT2D eigenvalue weighted by Crippen LogP contribution is -2.20. The molecular formula is C20H18O2. The molecule has 4 rings (SSSR count). The third-order valence-corrected chi connectivity index (χ3v) is 4.70. The Morgan fingerprint density at radius 2 is 1.64 bits per heavy atom. The average Bonchev–Trinajstić information content (AvgIpc) is 2.51. The summed E-state index contributed by atoms with van der Waals surface area (Å²) in [4.78, 5) is 0. The summed E-state index contributed by atoms with van der Waals surface area (Å²) in [6.45, 7) is 4.19. The highest BCUT2D eigenvalue weighted by atomic mass is 16.3. The standard InChI is InChI=1S/C20H18O2/c1-11-9-13-5-3-4-6-14(13)18-12(2)10-16-15(19(11)18)7-8-17(21)20(16)22/h3-10,17,20-22H,1-2H3. The Morgan fingerprint density at radius 3 is 2.45 bits per heavy atom. The van der Waals surface area contributed by atoms with Crippen LogP contribution in [0.3, 0.4) is 0 Å². The number of aliphatic hydroxyl groups excluding tert-OH is 2. The van der Waals surface area contributed by atoms with Gasteiger partial charge in [0.15, 0.2) is 0 Å². The molecule has 0 radical (unpaired) electrons. The molecule has 0 bridgehead atoms. The van der Waals surface area contributed by atoms with Gasteiger partial charge in [-0.15, -0.1) is 0 Å². The number of hydrogen-bond acceptors (Lipinski definition) is 2. The SMILES string of the molecule is Cc1cc2ccccc2c2c(C)cc3c(c12)C=CC(O)C3O. The normalized spacial score (nSPS) is 20.5. The quantitative estimate of drug-likeness (QED) is 0.614. The predicted molar refractivity (Wildman–Crippen MR) is 90.9 cm³/mol. The van der Waals surface area contributed by atoms with Crippen molar-refractivity contribution in [1.82, 2.24) is 0 Å². The van der Waals surface area contributed by atoms with Gasteiger partial charge >= 0.3 is 0 Å². The van der Waals surface area contributed by atoms with Crippen molar-refractivity contribution in [3.8, 4) is 0 Å². The van der Waals surface area contributed by atoms with Gasteiger partial charge in [0.1, 0.15) is 12.2 Å². The van der Waals surface area contributed by atoms with E-state index in [-0.39, 0.29) is 0 Å². The number of aryl methyl sites for hydroxylation is 2. The Morgan fingerprint density at radius 1 is 0.909 bits per heavy atom. The summed E-state index contributed by atoms with van der Waals surface area (Å²) in [5, 5.41) is 25.1. The molecule has 2 heteroatoms. The lowest BCUT2D eigenvalue weighted by molar-refractivity contribution is 0.0471. The molecule has 110 valence electrons. The minimum absolute atomic E-state index is 0.818. The van der Waals surface area contributed by atoms with Crippen LogP contribution in [0.5, 0.6) is 0 Å². The second-order valence-electron chi connectivity index (χ2n) is 6.16. The number of hydrogen-bond donors (Lipinski definition) is 2. The molecule has 22 heavy (non-hydrogen) atoms. The van der Waals surface area contributed by atoms with Crippen molar-refractivity contribution >= 4 is 27.6 Å². The third-order valence-electron chi connectivity index (χ3n) is 4.70. The van der Waals surface area contributed by atoms with Crippen LogP contribution in [0.15, 0.2) is 42.5 Å². The van der Waals surface area contributed by atoms with E-state index in [0.29, 0.717) is 0 Å². The topological polar surface area (TPSA) is 40.5 Å². The summed E-state index contributed by atoms with van der Waals surface area (Å²) in [6.07, 6.45) is 1.94. The minimum atomic E-state index is -0.853. The van der Waals surface area contributed by atoms with Crippen molar-refractivity contribution in [3.05, 3.63) is 64.7 Å². The first kappa shape index (κ1) is 13.5. The van der Waals surface area contributed by atoms with Crippen molar-refractivity contribution in [2.24, 2.45) is 0 Å². The van der Waals surface area contributed by atoms with E-state index in [1.807, 2.05) is 12.1 Å². The molecular weight excluding hydrogens is 272 g/mol. The van der Waals surface area contributed by atoms with E-state index in [9.17, 15) is 10.2 Å². The summed E-state index contributed by atoms with van der Waals surface area (Å²) in [5.41, 5.74) is 4.18. The Kier molecular flexibility index (Phi) is 2.86. The lowest BCUT2D eigenvalue weighted by atomic mass is 9.84. The molecule has 0 aliphatic heterocycles. The molecule has 0 fully saturated rings. The first-order valence-corrected chi connectivity index (χ1v) is 7.58. The van der Waals surface area contributed by atoms with Gasteiger partial charge in [-0.25, -0.2) is 0 Å². The predicted octanol–water partition coefficient (Wildman–Crippen LogP) is 4.03. The van der Waals surface area contributed by atoms with Crippen molar-refractivity contribution in [3.63, 3.8) is 0 Å². The first-order chi connectivity index (χ1) is 10.6. The summed E-state index contributed by atoms with van der Waals surface area (Å²) < 4.78 is 0. The van der Waals surface area contributed by atoms with Crippen LogP contribution in [-0.4, -0.2) is 16.3 Å². The summed E-state index contributed by atoms with van der Waals surface area (Å²) in [6, 6.07) is 12.6. The third kappa shape index (κ3) is 1.75. The van der Waals surface area contributed by atoms with Crippen LogP contribution >= 0.6 is 0 Å². The number of benzene rings is 3. The number of aliphatic hydroxyl groups is 2. The maximum atomic E-state index is 10.3. The lowest BCUT2D eigenvalue weighted by Gasteiger charge is -2.25. The van der Waals surface area contributed by atoms with Crippen LogP contribution < -0.4 is 0 Å². The van der Waals surface area contributed by atoms with Crippen molar-refractivity contribution in [2.75, 3.05) is 0 Å². The van der Waals surface area contributed by atoms with Gasteiger partial charge in [-0.3, -0.25) is 0 Å². The molecule has 0 spiro atoms. The van der Waals surface area contributed by atoms with E-state index >= 15 is 0 Å². The molecule has 3 aromatic rings. The number of fused-ring (bicyclic) bond motifs is 5. The van der Waals surface area contributed by atoms with Crippen molar-refractivity contribution < 1.29 is 10.2 Å². The smallest absolute Gasteiger partial charge is 0.109 e. The Hall–Kier alpha value is -2.16. The second kappa shape index (κ2) is 4.67. The maximum absolute atomic E-state index is 10.3. The molecule has 2 atom stereocenters. The summed E-state index contributed by atoms with van der Waals surface area (Å²) in [7, 11) is 0. The fourth-order valence-electron chi connectivity index (χ4n) is 3.68. The Labute approximate surface area is 129 Å². The molecule has 0 heterocycles. The molecule has 2 N–H and O–H groups in total. The molecule has 3 aromatic carbocycles. The van der Waals surface area contributed by atoms with Gasteiger partial charge in [0, 0.05) is 0 Å². The number of rotatable bonds is 0. The largest absolute Gasteiger partial charge is 0.386 e. The fraction of sp³-hybridized carbons (Fsp3) is 0.200. The highest BCUT2D eigenvalue weighted by molar-refractivity contribution is 6.13. The van der Waals surface area contributed by atoms with Gasteiger partial charge in [0.2, 0.25) is 0 Å². The van der Waals surface area contributed by atoms with Crippen LogP contribution in [0, 0.1) is 13.8 Å². The van der Waals surface area contributed by atoms with Gasteiger partial charge in [-0.05, 0) is 57.6 Å². The molecule has 0 saturated carbocycles. The van der Waals surface area contributed by atoms with E-state index < -0.39 is 12.2 Å². The highest BCUT2D eigenvalue weighted by Gasteiger charge is 2.25. The van der Waals surface area contributed by atoms with Gasteiger partial charge in [0.05, 0.1) is 0 Å². The van der Waals surface area contributed by atoms with Crippen LogP contribution in [0.25, 0.3) is 27.6 Å². The summed E-state index contributed by atoms with van der Waals surface area (Å²) >= 11 is 0. The van der Waals surface area contributed by atoms with Crippen LogP contribution in [-0.2, 0) is 0 Å². The minimum Gasteiger partial charge on any atom is -0.386 e. The van der Waals surface area contributed by atoms with E-state index in [0.717, 1.165) is 16.7 Å². The highest BCUT2D eigenvalue weighted by Crippen LogP contribution is 2.39. The van der Waals surface area contributed by atoms with Gasteiger partial charge in [-0.1, -0.05) is 48.6 Å².